The summed E-state index contributed by atoms with van der Waals surface area (Å²) in [6.07, 6.45) is -7.30. The van der Waals surface area contributed by atoms with Gasteiger partial charge in [0.1, 0.15) is 5.82 Å². The molecule has 0 atom stereocenters. The maximum Gasteiger partial charge on any atom is 0.276 e. The lowest BCUT2D eigenvalue weighted by Gasteiger charge is -2.26. The van der Waals surface area contributed by atoms with Gasteiger partial charge in [0.25, 0.3) is 12.9 Å². The van der Waals surface area contributed by atoms with Gasteiger partial charge in [-0.15, -0.1) is 0 Å². The Bertz CT molecular complexity index is 314. The fourth-order valence-electron chi connectivity index (χ4n) is 1.06. The van der Waals surface area contributed by atoms with Crippen molar-refractivity contribution in [1.82, 2.24) is 0 Å². The van der Waals surface area contributed by atoms with Crippen molar-refractivity contribution in [3.8, 4) is 0 Å². The average molecular weight is 226 g/mol. The van der Waals surface area contributed by atoms with Gasteiger partial charge in [-0.05, 0) is 17.7 Å². The average Bonchev–Trinajstić information content (AvgIpc) is 2.17. The van der Waals surface area contributed by atoms with Crippen molar-refractivity contribution < 1.29 is 27.1 Å². The summed E-state index contributed by atoms with van der Waals surface area (Å²) in [5, 5.41) is 9.11. The molecule has 0 spiro atoms. The van der Waals surface area contributed by atoms with Crippen molar-refractivity contribution in [1.29, 1.82) is 0 Å². The molecule has 0 radical (unpaired) electrons. The second-order valence-electron chi connectivity index (χ2n) is 2.93. The molecule has 0 aliphatic rings. The van der Waals surface area contributed by atoms with Gasteiger partial charge in [-0.3, -0.25) is 0 Å². The van der Waals surface area contributed by atoms with Crippen LogP contribution in [0.2, 0.25) is 0 Å². The maximum absolute atomic E-state index is 12.4. The molecule has 1 aromatic rings. The zero-order valence-corrected chi connectivity index (χ0v) is 7.30. The van der Waals surface area contributed by atoms with Crippen LogP contribution in [0.5, 0.6) is 0 Å². The van der Waals surface area contributed by atoms with E-state index in [-0.39, 0.29) is 0 Å². The maximum atomic E-state index is 12.4. The van der Waals surface area contributed by atoms with E-state index in [0.717, 1.165) is 12.1 Å². The monoisotopic (exact) mass is 226 g/mol. The molecule has 6 heteroatoms. The Morgan fingerprint density at radius 1 is 0.933 bits per heavy atom. The molecule has 15 heavy (non-hydrogen) atoms. The Morgan fingerprint density at radius 2 is 1.33 bits per heavy atom. The first-order chi connectivity index (χ1) is 6.89. The summed E-state index contributed by atoms with van der Waals surface area (Å²) in [6.45, 7) is 0. The smallest absolute Gasteiger partial charge is 0.276 e. The van der Waals surface area contributed by atoms with Crippen molar-refractivity contribution in [2.75, 3.05) is 0 Å². The van der Waals surface area contributed by atoms with E-state index in [1.54, 1.807) is 0 Å². The van der Waals surface area contributed by atoms with Crippen LogP contribution in [0.1, 0.15) is 5.56 Å². The highest BCUT2D eigenvalue weighted by atomic mass is 19.3. The molecule has 0 saturated carbocycles. The number of benzene rings is 1. The molecule has 0 heterocycles. The highest BCUT2D eigenvalue weighted by Gasteiger charge is 2.48. The number of alkyl halides is 4. The first-order valence-electron chi connectivity index (χ1n) is 3.93. The van der Waals surface area contributed by atoms with Crippen molar-refractivity contribution >= 4 is 0 Å². The quantitative estimate of drug-likeness (QED) is 0.785. The minimum Gasteiger partial charge on any atom is -0.374 e. The first kappa shape index (κ1) is 11.9. The van der Waals surface area contributed by atoms with Crippen LogP contribution >= 0.6 is 0 Å². The lowest BCUT2D eigenvalue weighted by Crippen LogP contribution is -2.41. The third-order valence-corrected chi connectivity index (χ3v) is 1.97. The molecule has 0 aliphatic carbocycles. The number of hydrogen-bond acceptors (Lipinski definition) is 1. The standard InChI is InChI=1S/C9H7F5O/c10-6-3-1-5(2-4-6)9(15,7(11)12)8(13)14/h1-4,7-8,15H. The molecule has 0 fully saturated rings. The zero-order valence-electron chi connectivity index (χ0n) is 7.30. The molecule has 0 unspecified atom stereocenters. The molecule has 1 rings (SSSR count). The Balaban J connectivity index is 3.16. The summed E-state index contributed by atoms with van der Waals surface area (Å²) < 4.78 is 61.6. The fraction of sp³-hybridized carbons (Fsp3) is 0.333. The first-order valence-corrected chi connectivity index (χ1v) is 3.93. The second-order valence-corrected chi connectivity index (χ2v) is 2.93. The van der Waals surface area contributed by atoms with E-state index in [1.165, 1.54) is 0 Å². The largest absolute Gasteiger partial charge is 0.374 e. The predicted molar refractivity (Wildman–Crippen MR) is 42.3 cm³/mol. The van der Waals surface area contributed by atoms with Crippen LogP contribution in [0.3, 0.4) is 0 Å². The van der Waals surface area contributed by atoms with Crippen molar-refractivity contribution in [3.63, 3.8) is 0 Å². The normalized spacial score (nSPS) is 12.5. The van der Waals surface area contributed by atoms with Crippen LogP contribution in [0.4, 0.5) is 22.0 Å². The number of rotatable bonds is 3. The van der Waals surface area contributed by atoms with Gasteiger partial charge in [0.05, 0.1) is 0 Å². The third-order valence-electron chi connectivity index (χ3n) is 1.97. The van der Waals surface area contributed by atoms with E-state index in [4.69, 9.17) is 5.11 Å². The van der Waals surface area contributed by atoms with E-state index in [2.05, 4.69) is 0 Å². The van der Waals surface area contributed by atoms with E-state index in [9.17, 15) is 22.0 Å². The highest BCUT2D eigenvalue weighted by Crippen LogP contribution is 2.34. The summed E-state index contributed by atoms with van der Waals surface area (Å²) >= 11 is 0. The molecule has 1 aromatic carbocycles. The summed E-state index contributed by atoms with van der Waals surface area (Å²) in [6, 6.07) is 2.86. The third kappa shape index (κ3) is 2.09. The number of aliphatic hydroxyl groups is 1. The molecule has 84 valence electrons. The van der Waals surface area contributed by atoms with Crippen LogP contribution in [0.15, 0.2) is 24.3 Å². The molecule has 0 aromatic heterocycles. The van der Waals surface area contributed by atoms with Crippen LogP contribution in [0, 0.1) is 5.82 Å². The molecular weight excluding hydrogens is 219 g/mol. The molecular formula is C9H7F5O. The van der Waals surface area contributed by atoms with Gasteiger partial charge in [0, 0.05) is 0 Å². The van der Waals surface area contributed by atoms with Crippen LogP contribution in [-0.2, 0) is 5.60 Å². The van der Waals surface area contributed by atoms with Crippen molar-refractivity contribution in [3.05, 3.63) is 35.6 Å². The molecule has 0 bridgehead atoms. The lowest BCUT2D eigenvalue weighted by atomic mass is 9.95. The van der Waals surface area contributed by atoms with Gasteiger partial charge in [0.15, 0.2) is 0 Å². The van der Waals surface area contributed by atoms with Crippen molar-refractivity contribution in [2.45, 2.75) is 18.5 Å². The van der Waals surface area contributed by atoms with Gasteiger partial charge in [0.2, 0.25) is 5.60 Å². The Labute approximate surface area is 82.1 Å². The molecule has 0 amide bonds. The summed E-state index contributed by atoms with van der Waals surface area (Å²) in [4.78, 5) is 0. The SMILES string of the molecule is OC(c1ccc(F)cc1)(C(F)F)C(F)F. The highest BCUT2D eigenvalue weighted by molar-refractivity contribution is 5.24. The van der Waals surface area contributed by atoms with Crippen LogP contribution in [0.25, 0.3) is 0 Å². The van der Waals surface area contributed by atoms with E-state index in [1.807, 2.05) is 0 Å². The second kappa shape index (κ2) is 4.14. The summed E-state index contributed by atoms with van der Waals surface area (Å²) in [5.74, 6) is -0.760. The van der Waals surface area contributed by atoms with E-state index >= 15 is 0 Å². The van der Waals surface area contributed by atoms with Gasteiger partial charge in [-0.2, -0.15) is 0 Å². The number of halogens is 5. The minimum atomic E-state index is -3.65. The zero-order chi connectivity index (χ0) is 11.6. The fourth-order valence-corrected chi connectivity index (χ4v) is 1.06. The molecule has 1 N–H and O–H groups in total. The lowest BCUT2D eigenvalue weighted by molar-refractivity contribution is -0.183. The van der Waals surface area contributed by atoms with Gasteiger partial charge >= 0.3 is 0 Å². The Hall–Kier alpha value is -1.17. The van der Waals surface area contributed by atoms with Crippen molar-refractivity contribution in [2.24, 2.45) is 0 Å². The van der Waals surface area contributed by atoms with Crippen LogP contribution in [-0.4, -0.2) is 18.0 Å². The van der Waals surface area contributed by atoms with E-state index in [0.29, 0.717) is 12.1 Å². The van der Waals surface area contributed by atoms with Gasteiger partial charge in [-0.1, -0.05) is 12.1 Å². The minimum absolute atomic E-state index is 0.702. The Kier molecular flexibility index (Phi) is 3.28. The topological polar surface area (TPSA) is 20.2 Å². The van der Waals surface area contributed by atoms with E-state index < -0.39 is 29.8 Å². The Morgan fingerprint density at radius 3 is 1.67 bits per heavy atom. The molecule has 1 nitrogen and oxygen atoms in total. The predicted octanol–water partition coefficient (Wildman–Crippen LogP) is 2.54. The number of hydrogen-bond donors (Lipinski definition) is 1. The van der Waals surface area contributed by atoms with Gasteiger partial charge in [-0.25, -0.2) is 22.0 Å². The molecule has 0 aliphatic heterocycles. The summed E-state index contributed by atoms with van der Waals surface area (Å²) in [5.41, 5.74) is -4.26. The van der Waals surface area contributed by atoms with Crippen LogP contribution < -0.4 is 0 Å². The van der Waals surface area contributed by atoms with Gasteiger partial charge < -0.3 is 5.11 Å². The summed E-state index contributed by atoms with van der Waals surface area (Å²) in [7, 11) is 0. The molecule has 0 saturated heterocycles.